The minimum atomic E-state index is -4.74. The van der Waals surface area contributed by atoms with Crippen molar-refractivity contribution in [1.82, 2.24) is 0 Å². The fourth-order valence-corrected chi connectivity index (χ4v) is 2.51. The van der Waals surface area contributed by atoms with Crippen LogP contribution in [0.25, 0.3) is 6.08 Å². The van der Waals surface area contributed by atoms with Crippen molar-refractivity contribution in [2.75, 3.05) is 6.61 Å². The predicted molar refractivity (Wildman–Crippen MR) is 92.8 cm³/mol. The summed E-state index contributed by atoms with van der Waals surface area (Å²) in [4.78, 5) is 23.8. The van der Waals surface area contributed by atoms with Crippen LogP contribution in [0.15, 0.2) is 66.7 Å². The number of carboxylic acids is 1. The van der Waals surface area contributed by atoms with Gasteiger partial charge in [0.2, 0.25) is 0 Å². The number of rotatable bonds is 7. The zero-order chi connectivity index (χ0) is 19.9. The quantitative estimate of drug-likeness (QED) is 0.577. The smallest absolute Gasteiger partial charge is 0.422 e. The van der Waals surface area contributed by atoms with E-state index in [-0.39, 0.29) is 0 Å². The molecule has 2 rings (SSSR count). The van der Waals surface area contributed by atoms with Gasteiger partial charge in [-0.15, -0.1) is 0 Å². The number of carboxylic acid groups (broad SMARTS) is 1. The fraction of sp³-hybridized carbons (Fsp3) is 0.200. The van der Waals surface area contributed by atoms with Crippen molar-refractivity contribution in [3.05, 3.63) is 77.9 Å². The Labute approximate surface area is 153 Å². The standard InChI is InChI=1S/C20H17F3O4/c21-20(22,23)13-27-19(26)17(18(24)25)16(15-9-5-2-6-10-15)12-11-14-7-3-1-4-8-14/h1-12,16-17H,13H2,(H,24,25)/b12-11+. The number of aliphatic carboxylic acids is 1. The molecule has 1 N–H and O–H groups in total. The van der Waals surface area contributed by atoms with Gasteiger partial charge in [0.1, 0.15) is 0 Å². The summed E-state index contributed by atoms with van der Waals surface area (Å²) in [5, 5.41) is 9.49. The first-order chi connectivity index (χ1) is 12.8. The van der Waals surface area contributed by atoms with Crippen molar-refractivity contribution in [3.8, 4) is 0 Å². The van der Waals surface area contributed by atoms with Crippen molar-refractivity contribution in [2.45, 2.75) is 12.1 Å². The molecule has 0 heterocycles. The van der Waals surface area contributed by atoms with E-state index in [0.29, 0.717) is 5.56 Å². The molecule has 142 valence electrons. The molecule has 0 saturated heterocycles. The number of esters is 1. The van der Waals surface area contributed by atoms with Crippen molar-refractivity contribution < 1.29 is 32.6 Å². The van der Waals surface area contributed by atoms with Crippen molar-refractivity contribution >= 4 is 18.0 Å². The molecule has 4 nitrogen and oxygen atoms in total. The normalized spacial score (nSPS) is 13.9. The molecule has 0 bridgehead atoms. The molecule has 0 aliphatic heterocycles. The lowest BCUT2D eigenvalue weighted by atomic mass is 9.85. The molecular formula is C20H17F3O4. The van der Waals surface area contributed by atoms with Crippen molar-refractivity contribution in [3.63, 3.8) is 0 Å². The van der Waals surface area contributed by atoms with Gasteiger partial charge in [0, 0.05) is 5.92 Å². The van der Waals surface area contributed by atoms with Gasteiger partial charge in [0.15, 0.2) is 12.5 Å². The minimum Gasteiger partial charge on any atom is -0.481 e. The van der Waals surface area contributed by atoms with Crippen LogP contribution in [-0.4, -0.2) is 29.8 Å². The number of allylic oxidation sites excluding steroid dienone is 1. The number of carbonyl (C=O) groups excluding carboxylic acids is 1. The van der Waals surface area contributed by atoms with E-state index >= 15 is 0 Å². The van der Waals surface area contributed by atoms with Crippen LogP contribution in [0.2, 0.25) is 0 Å². The Hall–Kier alpha value is -3.09. The van der Waals surface area contributed by atoms with Gasteiger partial charge >= 0.3 is 18.1 Å². The van der Waals surface area contributed by atoms with Gasteiger partial charge in [-0.25, -0.2) is 0 Å². The van der Waals surface area contributed by atoms with Gasteiger partial charge in [0.05, 0.1) is 0 Å². The largest absolute Gasteiger partial charge is 0.481 e. The first kappa shape index (κ1) is 20.2. The first-order valence-electron chi connectivity index (χ1n) is 8.02. The molecule has 0 saturated carbocycles. The van der Waals surface area contributed by atoms with E-state index in [9.17, 15) is 27.9 Å². The molecule has 0 spiro atoms. The van der Waals surface area contributed by atoms with Gasteiger partial charge in [0.25, 0.3) is 0 Å². The predicted octanol–water partition coefficient (Wildman–Crippen LogP) is 4.29. The second-order valence-corrected chi connectivity index (χ2v) is 5.75. The zero-order valence-corrected chi connectivity index (χ0v) is 14.1. The number of alkyl halides is 3. The molecule has 2 unspecified atom stereocenters. The van der Waals surface area contributed by atoms with E-state index < -0.39 is 36.6 Å². The lowest BCUT2D eigenvalue weighted by Gasteiger charge is -2.21. The topological polar surface area (TPSA) is 63.6 Å². The zero-order valence-electron chi connectivity index (χ0n) is 14.1. The third-order valence-corrected chi connectivity index (χ3v) is 3.74. The van der Waals surface area contributed by atoms with Crippen LogP contribution in [0.4, 0.5) is 13.2 Å². The Morgan fingerprint density at radius 3 is 2.07 bits per heavy atom. The number of benzene rings is 2. The average molecular weight is 378 g/mol. The van der Waals surface area contributed by atoms with Crippen LogP contribution in [0.1, 0.15) is 17.0 Å². The lowest BCUT2D eigenvalue weighted by Crippen LogP contribution is -2.33. The third kappa shape index (κ3) is 6.29. The molecular weight excluding hydrogens is 361 g/mol. The summed E-state index contributed by atoms with van der Waals surface area (Å²) in [6, 6.07) is 17.1. The molecule has 0 fully saturated rings. The second-order valence-electron chi connectivity index (χ2n) is 5.75. The molecule has 27 heavy (non-hydrogen) atoms. The van der Waals surface area contributed by atoms with E-state index in [2.05, 4.69) is 4.74 Å². The molecule has 2 aromatic carbocycles. The van der Waals surface area contributed by atoms with Gasteiger partial charge in [-0.3, -0.25) is 9.59 Å². The summed E-state index contributed by atoms with van der Waals surface area (Å²) in [5.74, 6) is -5.81. The van der Waals surface area contributed by atoms with Crippen molar-refractivity contribution in [1.29, 1.82) is 0 Å². The molecule has 7 heteroatoms. The van der Waals surface area contributed by atoms with Gasteiger partial charge < -0.3 is 9.84 Å². The number of hydrogen-bond donors (Lipinski definition) is 1. The van der Waals surface area contributed by atoms with Crippen LogP contribution in [0.3, 0.4) is 0 Å². The Kier molecular flexibility index (Phi) is 6.76. The highest BCUT2D eigenvalue weighted by Gasteiger charge is 2.38. The molecule has 2 atom stereocenters. The van der Waals surface area contributed by atoms with Crippen LogP contribution in [0, 0.1) is 5.92 Å². The fourth-order valence-electron chi connectivity index (χ4n) is 2.51. The SMILES string of the molecule is O=C(O)C(C(=O)OCC(F)(F)F)C(/C=C/c1ccccc1)c1ccccc1. The highest BCUT2D eigenvalue weighted by molar-refractivity contribution is 5.95. The number of hydrogen-bond acceptors (Lipinski definition) is 3. The molecule has 0 aliphatic carbocycles. The average Bonchev–Trinajstić information content (AvgIpc) is 2.64. The Morgan fingerprint density at radius 2 is 1.56 bits per heavy atom. The second kappa shape index (κ2) is 9.02. The van der Waals surface area contributed by atoms with E-state index in [0.717, 1.165) is 5.56 Å². The maximum absolute atomic E-state index is 12.3. The lowest BCUT2D eigenvalue weighted by molar-refractivity contribution is -0.191. The third-order valence-electron chi connectivity index (χ3n) is 3.74. The summed E-state index contributed by atoms with van der Waals surface area (Å²) in [5.41, 5.74) is 1.23. The van der Waals surface area contributed by atoms with E-state index in [1.165, 1.54) is 6.08 Å². The van der Waals surface area contributed by atoms with Crippen LogP contribution in [-0.2, 0) is 14.3 Å². The molecule has 0 radical (unpaired) electrons. The molecule has 0 amide bonds. The Bertz CT molecular complexity index is 786. The van der Waals surface area contributed by atoms with Gasteiger partial charge in [-0.2, -0.15) is 13.2 Å². The number of carbonyl (C=O) groups is 2. The summed E-state index contributed by atoms with van der Waals surface area (Å²) in [6.07, 6.45) is -1.64. The highest BCUT2D eigenvalue weighted by atomic mass is 19.4. The number of ether oxygens (including phenoxy) is 1. The van der Waals surface area contributed by atoms with Crippen LogP contribution < -0.4 is 0 Å². The van der Waals surface area contributed by atoms with Crippen LogP contribution in [0.5, 0.6) is 0 Å². The van der Waals surface area contributed by atoms with Gasteiger partial charge in [-0.05, 0) is 11.1 Å². The summed E-state index contributed by atoms with van der Waals surface area (Å²) >= 11 is 0. The monoisotopic (exact) mass is 378 g/mol. The minimum absolute atomic E-state index is 0.473. The van der Waals surface area contributed by atoms with E-state index in [4.69, 9.17) is 0 Å². The molecule has 2 aromatic rings. The van der Waals surface area contributed by atoms with Gasteiger partial charge in [-0.1, -0.05) is 72.8 Å². The highest BCUT2D eigenvalue weighted by Crippen LogP contribution is 2.29. The maximum atomic E-state index is 12.3. The molecule has 0 aromatic heterocycles. The Balaban J connectivity index is 2.35. The molecule has 0 aliphatic rings. The summed E-state index contributed by atoms with van der Waals surface area (Å²) in [6.45, 7) is -1.83. The van der Waals surface area contributed by atoms with Crippen LogP contribution >= 0.6 is 0 Å². The maximum Gasteiger partial charge on any atom is 0.422 e. The summed E-state index contributed by atoms with van der Waals surface area (Å²) < 4.78 is 41.2. The van der Waals surface area contributed by atoms with Crippen molar-refractivity contribution in [2.24, 2.45) is 5.92 Å². The Morgan fingerprint density at radius 1 is 1.00 bits per heavy atom. The first-order valence-corrected chi connectivity index (χ1v) is 8.02. The van der Waals surface area contributed by atoms with E-state index in [1.54, 1.807) is 66.7 Å². The van der Waals surface area contributed by atoms with E-state index in [1.807, 2.05) is 0 Å². The summed E-state index contributed by atoms with van der Waals surface area (Å²) in [7, 11) is 0. The number of halogens is 3.